The second-order valence-electron chi connectivity index (χ2n) is 6.53. The van der Waals surface area contributed by atoms with Gasteiger partial charge in [0.25, 0.3) is 0 Å². The third-order valence-corrected chi connectivity index (χ3v) is 4.66. The van der Waals surface area contributed by atoms with Gasteiger partial charge in [-0.1, -0.05) is 0 Å². The molecule has 1 aliphatic carbocycles. The molecule has 1 heterocycles. The number of carbonyl (C=O) groups is 1. The Balaban J connectivity index is 1.70. The highest BCUT2D eigenvalue weighted by atomic mass is 16.5. The summed E-state index contributed by atoms with van der Waals surface area (Å²) in [6.07, 6.45) is 5.06. The van der Waals surface area contributed by atoms with E-state index in [2.05, 4.69) is 15.5 Å². The molecule has 0 saturated heterocycles. The molecule has 0 aliphatic heterocycles. The number of aromatic amines is 1. The highest BCUT2D eigenvalue weighted by Gasteiger charge is 2.19. The van der Waals surface area contributed by atoms with Gasteiger partial charge in [0.1, 0.15) is 0 Å². The summed E-state index contributed by atoms with van der Waals surface area (Å²) in [6.45, 7) is 3.82. The lowest BCUT2D eigenvalue weighted by atomic mass is 10.1. The van der Waals surface area contributed by atoms with Gasteiger partial charge in [0.05, 0.1) is 25.3 Å². The Labute approximate surface area is 147 Å². The van der Waals surface area contributed by atoms with Crippen molar-refractivity contribution in [3.8, 4) is 11.5 Å². The second-order valence-corrected chi connectivity index (χ2v) is 6.53. The van der Waals surface area contributed by atoms with Crippen molar-refractivity contribution in [2.45, 2.75) is 52.1 Å². The third kappa shape index (κ3) is 4.13. The van der Waals surface area contributed by atoms with Gasteiger partial charge < -0.3 is 14.8 Å². The van der Waals surface area contributed by atoms with E-state index >= 15 is 0 Å². The number of nitrogens with one attached hydrogen (secondary N) is 2. The number of aromatic nitrogens is 2. The van der Waals surface area contributed by atoms with E-state index in [1.54, 1.807) is 7.11 Å². The van der Waals surface area contributed by atoms with Crippen LogP contribution in [0.3, 0.4) is 0 Å². The van der Waals surface area contributed by atoms with Gasteiger partial charge in [-0.05, 0) is 51.7 Å². The summed E-state index contributed by atoms with van der Waals surface area (Å²) in [7, 11) is 1.62. The number of hydrogen-bond acceptors (Lipinski definition) is 4. The largest absolute Gasteiger partial charge is 0.493 e. The summed E-state index contributed by atoms with van der Waals surface area (Å²) in [5, 5.41) is 9.97. The first-order chi connectivity index (χ1) is 12.1. The molecular formula is C19H25N3O3. The number of rotatable bonds is 6. The van der Waals surface area contributed by atoms with Crippen molar-refractivity contribution >= 4 is 11.6 Å². The first kappa shape index (κ1) is 17.3. The Kier molecular flexibility index (Phi) is 5.26. The van der Waals surface area contributed by atoms with Gasteiger partial charge in [0.2, 0.25) is 5.91 Å². The lowest BCUT2D eigenvalue weighted by molar-refractivity contribution is -0.115. The SMILES string of the molecule is COc1ccc(NC(=O)Cc2c(C)n[nH]c2C)cc1OC1CCCC1. The summed E-state index contributed by atoms with van der Waals surface area (Å²) < 4.78 is 11.5. The fourth-order valence-electron chi connectivity index (χ4n) is 3.23. The highest BCUT2D eigenvalue weighted by molar-refractivity contribution is 5.92. The molecule has 6 nitrogen and oxygen atoms in total. The van der Waals surface area contributed by atoms with Crippen molar-refractivity contribution in [2.75, 3.05) is 12.4 Å². The number of aryl methyl sites for hydroxylation is 2. The van der Waals surface area contributed by atoms with E-state index in [1.165, 1.54) is 12.8 Å². The van der Waals surface area contributed by atoms with Gasteiger partial charge in [-0.3, -0.25) is 9.89 Å². The zero-order valence-corrected chi connectivity index (χ0v) is 15.0. The van der Waals surface area contributed by atoms with Crippen molar-refractivity contribution in [1.29, 1.82) is 0 Å². The molecule has 1 amide bonds. The number of hydrogen-bond donors (Lipinski definition) is 2. The van der Waals surface area contributed by atoms with Crippen LogP contribution in [-0.2, 0) is 11.2 Å². The predicted molar refractivity (Wildman–Crippen MR) is 96.3 cm³/mol. The zero-order valence-electron chi connectivity index (χ0n) is 15.0. The van der Waals surface area contributed by atoms with Crippen molar-refractivity contribution in [3.05, 3.63) is 35.2 Å². The molecule has 3 rings (SSSR count). The van der Waals surface area contributed by atoms with Crippen molar-refractivity contribution in [2.24, 2.45) is 0 Å². The van der Waals surface area contributed by atoms with Crippen LogP contribution in [0.1, 0.15) is 42.6 Å². The maximum Gasteiger partial charge on any atom is 0.228 e. The molecular weight excluding hydrogens is 318 g/mol. The molecule has 2 N–H and O–H groups in total. The van der Waals surface area contributed by atoms with Gasteiger partial charge in [0.15, 0.2) is 11.5 Å². The molecule has 1 fully saturated rings. The van der Waals surface area contributed by atoms with Gasteiger partial charge in [-0.15, -0.1) is 0 Å². The number of anilines is 1. The first-order valence-corrected chi connectivity index (χ1v) is 8.72. The fourth-order valence-corrected chi connectivity index (χ4v) is 3.23. The van der Waals surface area contributed by atoms with Crippen LogP contribution < -0.4 is 14.8 Å². The molecule has 0 bridgehead atoms. The molecule has 25 heavy (non-hydrogen) atoms. The molecule has 1 aliphatic rings. The molecule has 0 spiro atoms. The van der Waals surface area contributed by atoms with Gasteiger partial charge >= 0.3 is 0 Å². The van der Waals surface area contributed by atoms with Gasteiger partial charge in [-0.2, -0.15) is 5.10 Å². The molecule has 0 atom stereocenters. The number of ether oxygens (including phenoxy) is 2. The molecule has 1 aromatic heterocycles. The van der Waals surface area contributed by atoms with E-state index in [0.29, 0.717) is 23.6 Å². The topological polar surface area (TPSA) is 76.2 Å². The van der Waals surface area contributed by atoms with Crippen molar-refractivity contribution < 1.29 is 14.3 Å². The van der Waals surface area contributed by atoms with E-state index in [4.69, 9.17) is 9.47 Å². The zero-order chi connectivity index (χ0) is 17.8. The molecule has 0 unspecified atom stereocenters. The monoisotopic (exact) mass is 343 g/mol. The van der Waals surface area contributed by atoms with E-state index < -0.39 is 0 Å². The Morgan fingerprint density at radius 2 is 2.04 bits per heavy atom. The van der Waals surface area contributed by atoms with Crippen molar-refractivity contribution in [1.82, 2.24) is 10.2 Å². The van der Waals surface area contributed by atoms with Crippen LogP contribution >= 0.6 is 0 Å². The molecule has 6 heteroatoms. The molecule has 0 radical (unpaired) electrons. The van der Waals surface area contributed by atoms with Gasteiger partial charge in [0, 0.05) is 23.0 Å². The average Bonchev–Trinajstić information content (AvgIpc) is 3.20. The third-order valence-electron chi connectivity index (χ3n) is 4.66. The first-order valence-electron chi connectivity index (χ1n) is 8.72. The second kappa shape index (κ2) is 7.59. The number of amides is 1. The van der Waals surface area contributed by atoms with E-state index in [1.807, 2.05) is 32.0 Å². The fraction of sp³-hybridized carbons (Fsp3) is 0.474. The lowest BCUT2D eigenvalue weighted by Gasteiger charge is -2.17. The summed E-state index contributed by atoms with van der Waals surface area (Å²) in [4.78, 5) is 12.4. The minimum absolute atomic E-state index is 0.0791. The van der Waals surface area contributed by atoms with Crippen LogP contribution in [0.4, 0.5) is 5.69 Å². The average molecular weight is 343 g/mol. The van der Waals surface area contributed by atoms with Crippen molar-refractivity contribution in [3.63, 3.8) is 0 Å². The highest BCUT2D eigenvalue weighted by Crippen LogP contribution is 2.34. The molecule has 2 aromatic rings. The van der Waals surface area contributed by atoms with Crippen LogP contribution in [0.25, 0.3) is 0 Å². The molecule has 1 aromatic carbocycles. The van der Waals surface area contributed by atoms with Crippen LogP contribution in [0, 0.1) is 13.8 Å². The van der Waals surface area contributed by atoms with E-state index in [9.17, 15) is 4.79 Å². The number of benzene rings is 1. The number of methoxy groups -OCH3 is 1. The van der Waals surface area contributed by atoms with E-state index in [-0.39, 0.29) is 12.0 Å². The lowest BCUT2D eigenvalue weighted by Crippen LogP contribution is -2.16. The Morgan fingerprint density at radius 1 is 1.28 bits per heavy atom. The maximum absolute atomic E-state index is 12.4. The van der Waals surface area contributed by atoms with Crippen LogP contribution in [-0.4, -0.2) is 29.3 Å². The Bertz CT molecular complexity index is 729. The standard InChI is InChI=1S/C19H25N3O3/c1-12-16(13(2)22-21-12)11-19(23)20-14-8-9-17(24-3)18(10-14)25-15-6-4-5-7-15/h8-10,15H,4-7,11H2,1-3H3,(H,20,23)(H,21,22). The van der Waals surface area contributed by atoms with E-state index in [0.717, 1.165) is 29.8 Å². The normalized spacial score (nSPS) is 14.5. The smallest absolute Gasteiger partial charge is 0.228 e. The predicted octanol–water partition coefficient (Wildman–Crippen LogP) is 3.54. The number of nitrogens with zero attached hydrogens (tertiary/aromatic N) is 1. The van der Waals surface area contributed by atoms with Crippen LogP contribution in [0.15, 0.2) is 18.2 Å². The quantitative estimate of drug-likeness (QED) is 0.841. The number of H-pyrrole nitrogens is 1. The van der Waals surface area contributed by atoms with Crippen LogP contribution in [0.5, 0.6) is 11.5 Å². The Hall–Kier alpha value is -2.50. The maximum atomic E-state index is 12.4. The summed E-state index contributed by atoms with van der Waals surface area (Å²) in [6, 6.07) is 5.49. The minimum Gasteiger partial charge on any atom is -0.493 e. The van der Waals surface area contributed by atoms with Gasteiger partial charge in [-0.25, -0.2) is 0 Å². The summed E-state index contributed by atoms with van der Waals surface area (Å²) in [5.74, 6) is 1.29. The summed E-state index contributed by atoms with van der Waals surface area (Å²) in [5.41, 5.74) is 3.42. The summed E-state index contributed by atoms with van der Waals surface area (Å²) >= 11 is 0. The number of carbonyl (C=O) groups excluding carboxylic acids is 1. The minimum atomic E-state index is -0.0791. The Morgan fingerprint density at radius 3 is 2.68 bits per heavy atom. The molecule has 134 valence electrons. The molecule has 1 saturated carbocycles. The van der Waals surface area contributed by atoms with Crippen LogP contribution in [0.2, 0.25) is 0 Å².